The molecule has 1 heterocycles. The Morgan fingerprint density at radius 2 is 1.80 bits per heavy atom. The minimum atomic E-state index is -0.0675. The molecule has 15 heavy (non-hydrogen) atoms. The normalized spacial score (nSPS) is 24.1. The summed E-state index contributed by atoms with van der Waals surface area (Å²) in [5.41, 5.74) is 7.73. The van der Waals surface area contributed by atoms with Crippen LogP contribution in [0.15, 0.2) is 0 Å². The molecule has 0 aliphatic heterocycles. The number of nitrogens with two attached hydrogens (primary N) is 1. The summed E-state index contributed by atoms with van der Waals surface area (Å²) in [7, 11) is 0. The lowest BCUT2D eigenvalue weighted by molar-refractivity contribution is 0.457. The molecule has 0 unspecified atom stereocenters. The average Bonchev–Trinajstić information content (AvgIpc) is 2.84. The topological polar surface area (TPSA) is 38.9 Å². The van der Waals surface area contributed by atoms with Crippen molar-refractivity contribution in [2.45, 2.75) is 56.9 Å². The number of aryl methyl sites for hydroxylation is 2. The zero-order chi connectivity index (χ0) is 10.3. The van der Waals surface area contributed by atoms with Crippen LogP contribution >= 0.6 is 11.3 Å². The fourth-order valence-electron chi connectivity index (χ4n) is 2.78. The van der Waals surface area contributed by atoms with E-state index in [2.05, 4.69) is 0 Å². The lowest BCUT2D eigenvalue weighted by atomic mass is 10.00. The molecule has 0 spiro atoms. The highest BCUT2D eigenvalue weighted by atomic mass is 32.1. The maximum atomic E-state index is 6.44. The molecule has 1 fully saturated rings. The van der Waals surface area contributed by atoms with Crippen molar-refractivity contribution in [2.75, 3.05) is 0 Å². The van der Waals surface area contributed by atoms with Gasteiger partial charge in [0.05, 0.1) is 11.2 Å². The Bertz CT molecular complexity index is 340. The highest BCUT2D eigenvalue weighted by molar-refractivity contribution is 7.11. The van der Waals surface area contributed by atoms with Crippen LogP contribution in [0.5, 0.6) is 0 Å². The smallest absolute Gasteiger partial charge is 0.113 e. The highest BCUT2D eigenvalue weighted by Gasteiger charge is 2.35. The monoisotopic (exact) mass is 222 g/mol. The summed E-state index contributed by atoms with van der Waals surface area (Å²) < 4.78 is 0. The summed E-state index contributed by atoms with van der Waals surface area (Å²) in [6, 6.07) is 0. The quantitative estimate of drug-likeness (QED) is 0.793. The molecule has 0 amide bonds. The van der Waals surface area contributed by atoms with E-state index in [1.54, 1.807) is 0 Å². The Hall–Kier alpha value is -0.410. The molecule has 1 saturated carbocycles. The molecule has 2 aliphatic rings. The molecule has 0 saturated heterocycles. The first kappa shape index (κ1) is 9.79. The van der Waals surface area contributed by atoms with E-state index in [1.165, 1.54) is 54.1 Å². The van der Waals surface area contributed by atoms with Crippen LogP contribution < -0.4 is 5.73 Å². The predicted molar refractivity (Wildman–Crippen MR) is 63.1 cm³/mol. The van der Waals surface area contributed by atoms with Gasteiger partial charge in [-0.15, -0.1) is 11.3 Å². The molecular formula is C12H18N2S. The molecule has 2 N–H and O–H groups in total. The van der Waals surface area contributed by atoms with Crippen LogP contribution in [0, 0.1) is 0 Å². The fourth-order valence-corrected chi connectivity index (χ4v) is 4.09. The van der Waals surface area contributed by atoms with Gasteiger partial charge >= 0.3 is 0 Å². The van der Waals surface area contributed by atoms with Crippen molar-refractivity contribution in [2.24, 2.45) is 5.73 Å². The van der Waals surface area contributed by atoms with E-state index in [0.717, 1.165) is 12.8 Å². The minimum absolute atomic E-state index is 0.0675. The van der Waals surface area contributed by atoms with Crippen molar-refractivity contribution < 1.29 is 0 Å². The van der Waals surface area contributed by atoms with Gasteiger partial charge in [-0.2, -0.15) is 0 Å². The zero-order valence-corrected chi connectivity index (χ0v) is 9.91. The van der Waals surface area contributed by atoms with Crippen molar-refractivity contribution in [1.29, 1.82) is 0 Å². The predicted octanol–water partition coefficient (Wildman–Crippen LogP) is 2.75. The van der Waals surface area contributed by atoms with Crippen LogP contribution in [0.4, 0.5) is 0 Å². The molecule has 0 aromatic carbocycles. The van der Waals surface area contributed by atoms with Gasteiger partial charge in [0.25, 0.3) is 0 Å². The third-order valence-electron chi connectivity index (χ3n) is 3.77. The van der Waals surface area contributed by atoms with Crippen LogP contribution in [-0.4, -0.2) is 4.98 Å². The van der Waals surface area contributed by atoms with Crippen LogP contribution in [-0.2, 0) is 18.4 Å². The molecule has 1 aromatic heterocycles. The van der Waals surface area contributed by atoms with Crippen LogP contribution in [0.2, 0.25) is 0 Å². The molecule has 1 aromatic rings. The van der Waals surface area contributed by atoms with Crippen molar-refractivity contribution >= 4 is 11.3 Å². The first-order valence-corrected chi connectivity index (χ1v) is 6.87. The van der Waals surface area contributed by atoms with Crippen molar-refractivity contribution in [3.8, 4) is 0 Å². The SMILES string of the molecule is NC1(c2nc3c(s2)CCCC3)CCCC1. The highest BCUT2D eigenvalue weighted by Crippen LogP contribution is 2.40. The van der Waals surface area contributed by atoms with Crippen LogP contribution in [0.1, 0.15) is 54.1 Å². The third-order valence-corrected chi connectivity index (χ3v) is 5.14. The first-order chi connectivity index (χ1) is 7.28. The summed E-state index contributed by atoms with van der Waals surface area (Å²) >= 11 is 1.90. The van der Waals surface area contributed by atoms with Crippen molar-refractivity contribution in [3.05, 3.63) is 15.6 Å². The maximum Gasteiger partial charge on any atom is 0.113 e. The summed E-state index contributed by atoms with van der Waals surface area (Å²) in [6.45, 7) is 0. The van der Waals surface area contributed by atoms with E-state index in [1.807, 2.05) is 11.3 Å². The lowest BCUT2D eigenvalue weighted by Gasteiger charge is -2.19. The number of nitrogens with zero attached hydrogens (tertiary/aromatic N) is 1. The van der Waals surface area contributed by atoms with E-state index in [0.29, 0.717) is 0 Å². The summed E-state index contributed by atoms with van der Waals surface area (Å²) in [4.78, 5) is 6.32. The first-order valence-electron chi connectivity index (χ1n) is 6.06. The fraction of sp³-hybridized carbons (Fsp3) is 0.750. The largest absolute Gasteiger partial charge is 0.319 e. The van der Waals surface area contributed by atoms with E-state index in [4.69, 9.17) is 10.7 Å². The number of thiazole rings is 1. The number of aromatic nitrogens is 1. The maximum absolute atomic E-state index is 6.44. The Morgan fingerprint density at radius 1 is 1.07 bits per heavy atom. The Labute approximate surface area is 94.9 Å². The molecule has 2 nitrogen and oxygen atoms in total. The van der Waals surface area contributed by atoms with Gasteiger partial charge in [-0.25, -0.2) is 4.98 Å². The van der Waals surface area contributed by atoms with Gasteiger partial charge in [-0.05, 0) is 38.5 Å². The zero-order valence-electron chi connectivity index (χ0n) is 9.09. The molecule has 0 atom stereocenters. The molecule has 0 bridgehead atoms. The number of fused-ring (bicyclic) bond motifs is 1. The molecule has 82 valence electrons. The van der Waals surface area contributed by atoms with Crippen molar-refractivity contribution in [3.63, 3.8) is 0 Å². The van der Waals surface area contributed by atoms with Crippen LogP contribution in [0.3, 0.4) is 0 Å². The summed E-state index contributed by atoms with van der Waals surface area (Å²) in [5, 5.41) is 1.23. The summed E-state index contributed by atoms with van der Waals surface area (Å²) in [6.07, 6.45) is 9.91. The van der Waals surface area contributed by atoms with Crippen molar-refractivity contribution in [1.82, 2.24) is 4.98 Å². The van der Waals surface area contributed by atoms with Gasteiger partial charge in [0, 0.05) is 4.88 Å². The van der Waals surface area contributed by atoms with E-state index in [9.17, 15) is 0 Å². The Kier molecular flexibility index (Phi) is 2.33. The molecule has 3 rings (SSSR count). The number of rotatable bonds is 1. The standard InChI is InChI=1S/C12H18N2S/c13-12(7-3-4-8-12)11-14-9-5-1-2-6-10(9)15-11/h1-8,13H2. The second-order valence-corrected chi connectivity index (χ2v) is 6.04. The summed E-state index contributed by atoms with van der Waals surface area (Å²) in [5.74, 6) is 0. The molecule has 2 aliphatic carbocycles. The van der Waals surface area contributed by atoms with Gasteiger partial charge in [0.2, 0.25) is 0 Å². The molecule has 0 radical (unpaired) electrons. The third kappa shape index (κ3) is 1.62. The Morgan fingerprint density at radius 3 is 2.53 bits per heavy atom. The van der Waals surface area contributed by atoms with Gasteiger partial charge in [0.1, 0.15) is 5.01 Å². The number of hydrogen-bond donors (Lipinski definition) is 1. The number of hydrogen-bond acceptors (Lipinski definition) is 3. The Balaban J connectivity index is 1.95. The second-order valence-electron chi connectivity index (χ2n) is 4.96. The lowest BCUT2D eigenvalue weighted by Crippen LogP contribution is -2.32. The van der Waals surface area contributed by atoms with Crippen LogP contribution in [0.25, 0.3) is 0 Å². The van der Waals surface area contributed by atoms with Gasteiger partial charge < -0.3 is 5.73 Å². The minimum Gasteiger partial charge on any atom is -0.319 e. The van der Waals surface area contributed by atoms with Gasteiger partial charge in [-0.1, -0.05) is 12.8 Å². The van der Waals surface area contributed by atoms with E-state index < -0.39 is 0 Å². The average molecular weight is 222 g/mol. The van der Waals surface area contributed by atoms with Gasteiger partial charge in [0.15, 0.2) is 0 Å². The molecule has 3 heteroatoms. The van der Waals surface area contributed by atoms with Gasteiger partial charge in [-0.3, -0.25) is 0 Å². The molecular weight excluding hydrogens is 204 g/mol. The van der Waals surface area contributed by atoms with E-state index >= 15 is 0 Å². The second kappa shape index (κ2) is 3.56. The van der Waals surface area contributed by atoms with E-state index in [-0.39, 0.29) is 5.54 Å².